The molecule has 2 aliphatic heterocycles. The maximum Gasteiger partial charge on any atom is 0.243 e. The van der Waals surface area contributed by atoms with Gasteiger partial charge in [-0.05, 0) is 37.8 Å². The zero-order chi connectivity index (χ0) is 18.9. The van der Waals surface area contributed by atoms with E-state index >= 15 is 0 Å². The van der Waals surface area contributed by atoms with E-state index in [9.17, 15) is 13.2 Å². The summed E-state index contributed by atoms with van der Waals surface area (Å²) in [6.45, 7) is 3.53. The van der Waals surface area contributed by atoms with Gasteiger partial charge < -0.3 is 4.90 Å². The van der Waals surface area contributed by atoms with Crippen LogP contribution in [0.1, 0.15) is 18.4 Å². The highest BCUT2D eigenvalue weighted by atomic mass is 32.2. The van der Waals surface area contributed by atoms with E-state index in [0.717, 1.165) is 18.4 Å². The van der Waals surface area contributed by atoms with E-state index in [1.54, 1.807) is 35.4 Å². The molecule has 2 saturated heterocycles. The topological polar surface area (TPSA) is 81.8 Å². The zero-order valence-corrected chi connectivity index (χ0v) is 16.4. The summed E-state index contributed by atoms with van der Waals surface area (Å²) in [4.78, 5) is 14.4. The Morgan fingerprint density at radius 1 is 1.15 bits per heavy atom. The van der Waals surface area contributed by atoms with Crippen molar-refractivity contribution in [2.45, 2.75) is 30.7 Å². The van der Waals surface area contributed by atoms with Crippen LogP contribution in [0.25, 0.3) is 0 Å². The molecular formula is C18H28N4O3S. The second kappa shape index (κ2) is 7.64. The first-order valence-electron chi connectivity index (χ1n) is 9.07. The molecule has 0 aromatic heterocycles. The average molecular weight is 381 g/mol. The standard InChI is InChI=1S/C18H28N4O3S/c1-13-4-6-15(7-5-13)26(24,25)22-10-8-14(9-11-22)17-16(12-19-20-17)18(23)21(2)3/h4-7,14,16-17,19-20H,8-12H2,1-3H3. The van der Waals surface area contributed by atoms with Crippen LogP contribution in [0.15, 0.2) is 29.2 Å². The Kier molecular flexibility index (Phi) is 5.67. The van der Waals surface area contributed by atoms with Gasteiger partial charge in [-0.2, -0.15) is 4.31 Å². The number of benzene rings is 1. The Morgan fingerprint density at radius 3 is 2.35 bits per heavy atom. The SMILES string of the molecule is Cc1ccc(S(=O)(=O)N2CCC(C3NNCC3C(=O)N(C)C)CC2)cc1. The number of amides is 1. The molecule has 2 heterocycles. The maximum absolute atomic E-state index is 12.8. The number of sulfonamides is 1. The molecule has 7 nitrogen and oxygen atoms in total. The van der Waals surface area contributed by atoms with E-state index in [1.807, 2.05) is 19.1 Å². The summed E-state index contributed by atoms with van der Waals surface area (Å²) in [5.74, 6) is 0.292. The molecule has 0 radical (unpaired) electrons. The van der Waals surface area contributed by atoms with Crippen LogP contribution in [-0.4, -0.2) is 63.3 Å². The largest absolute Gasteiger partial charge is 0.348 e. The number of carbonyl (C=O) groups excluding carboxylic acids is 1. The van der Waals surface area contributed by atoms with E-state index in [4.69, 9.17) is 0 Å². The molecule has 2 atom stereocenters. The van der Waals surface area contributed by atoms with Crippen molar-refractivity contribution in [3.8, 4) is 0 Å². The molecule has 3 rings (SSSR count). The van der Waals surface area contributed by atoms with E-state index in [0.29, 0.717) is 24.5 Å². The van der Waals surface area contributed by atoms with Crippen molar-refractivity contribution in [1.82, 2.24) is 20.1 Å². The average Bonchev–Trinajstić information content (AvgIpc) is 3.11. The molecule has 8 heteroatoms. The van der Waals surface area contributed by atoms with Gasteiger partial charge in [0.05, 0.1) is 10.8 Å². The minimum absolute atomic E-state index is 0.0501. The van der Waals surface area contributed by atoms with Crippen LogP contribution >= 0.6 is 0 Å². The minimum atomic E-state index is -3.45. The number of nitrogens with zero attached hydrogens (tertiary/aromatic N) is 2. The fourth-order valence-electron chi connectivity index (χ4n) is 3.87. The molecule has 0 spiro atoms. The van der Waals surface area contributed by atoms with Gasteiger partial charge in [-0.25, -0.2) is 8.42 Å². The van der Waals surface area contributed by atoms with Crippen molar-refractivity contribution in [3.05, 3.63) is 29.8 Å². The Morgan fingerprint density at radius 2 is 1.77 bits per heavy atom. The Hall–Kier alpha value is -1.48. The fourth-order valence-corrected chi connectivity index (χ4v) is 5.34. The zero-order valence-electron chi connectivity index (χ0n) is 15.6. The quantitative estimate of drug-likeness (QED) is 0.798. The van der Waals surface area contributed by atoms with Crippen LogP contribution in [0.3, 0.4) is 0 Å². The van der Waals surface area contributed by atoms with E-state index < -0.39 is 10.0 Å². The molecule has 1 amide bonds. The third kappa shape index (κ3) is 3.78. The summed E-state index contributed by atoms with van der Waals surface area (Å²) >= 11 is 0. The van der Waals surface area contributed by atoms with E-state index in [-0.39, 0.29) is 23.8 Å². The van der Waals surface area contributed by atoms with Gasteiger partial charge in [0.25, 0.3) is 0 Å². The number of hydrogen-bond acceptors (Lipinski definition) is 5. The van der Waals surface area contributed by atoms with E-state index in [1.165, 1.54) is 0 Å². The number of aryl methyl sites for hydroxylation is 1. The molecule has 2 unspecified atom stereocenters. The predicted octanol–water partition coefficient (Wildman–Crippen LogP) is 0.577. The van der Waals surface area contributed by atoms with E-state index in [2.05, 4.69) is 10.9 Å². The van der Waals surface area contributed by atoms with Gasteiger partial charge in [-0.1, -0.05) is 17.7 Å². The van der Waals surface area contributed by atoms with Crippen LogP contribution in [0.4, 0.5) is 0 Å². The van der Waals surface area contributed by atoms with Crippen LogP contribution in [0, 0.1) is 18.8 Å². The van der Waals surface area contributed by atoms with Crippen LogP contribution in [0.2, 0.25) is 0 Å². The molecule has 2 aliphatic rings. The molecule has 1 aromatic carbocycles. The Bertz CT molecular complexity index is 740. The highest BCUT2D eigenvalue weighted by Crippen LogP contribution is 2.30. The lowest BCUT2D eigenvalue weighted by atomic mass is 9.83. The first kappa shape index (κ1) is 19.3. The van der Waals surface area contributed by atoms with Crippen molar-refractivity contribution < 1.29 is 13.2 Å². The number of hydrazine groups is 1. The van der Waals surface area contributed by atoms with Gasteiger partial charge in [-0.15, -0.1) is 0 Å². The summed E-state index contributed by atoms with van der Waals surface area (Å²) < 4.78 is 27.2. The highest BCUT2D eigenvalue weighted by molar-refractivity contribution is 7.89. The molecule has 0 aliphatic carbocycles. The van der Waals surface area contributed by atoms with Gasteiger partial charge in [0.2, 0.25) is 15.9 Å². The second-order valence-electron chi connectivity index (χ2n) is 7.44. The summed E-state index contributed by atoms with van der Waals surface area (Å²) in [7, 11) is 0.0977. The minimum Gasteiger partial charge on any atom is -0.348 e. The van der Waals surface area contributed by atoms with Crippen molar-refractivity contribution in [1.29, 1.82) is 0 Å². The number of piperidine rings is 1. The van der Waals surface area contributed by atoms with Gasteiger partial charge >= 0.3 is 0 Å². The third-order valence-corrected chi connectivity index (χ3v) is 7.36. The lowest BCUT2D eigenvalue weighted by Gasteiger charge is -2.35. The fraction of sp³-hybridized carbons (Fsp3) is 0.611. The summed E-state index contributed by atoms with van der Waals surface area (Å²) in [6, 6.07) is 7.04. The molecule has 0 bridgehead atoms. The molecule has 2 fully saturated rings. The second-order valence-corrected chi connectivity index (χ2v) is 9.38. The maximum atomic E-state index is 12.8. The first-order chi connectivity index (χ1) is 12.3. The van der Waals surface area contributed by atoms with Crippen LogP contribution in [0.5, 0.6) is 0 Å². The Balaban J connectivity index is 1.65. The highest BCUT2D eigenvalue weighted by Gasteiger charge is 2.41. The number of hydrogen-bond donors (Lipinski definition) is 2. The molecule has 2 N–H and O–H groups in total. The van der Waals surface area contributed by atoms with Gasteiger partial charge in [0, 0.05) is 39.8 Å². The monoisotopic (exact) mass is 380 g/mol. The number of rotatable bonds is 4. The molecule has 1 aromatic rings. The number of nitrogens with one attached hydrogen (secondary N) is 2. The molecule has 0 saturated carbocycles. The van der Waals surface area contributed by atoms with Crippen LogP contribution < -0.4 is 10.9 Å². The van der Waals surface area contributed by atoms with Crippen molar-refractivity contribution in [3.63, 3.8) is 0 Å². The van der Waals surface area contributed by atoms with Crippen molar-refractivity contribution >= 4 is 15.9 Å². The normalized spacial score (nSPS) is 25.3. The van der Waals surface area contributed by atoms with Crippen molar-refractivity contribution in [2.75, 3.05) is 33.7 Å². The van der Waals surface area contributed by atoms with Crippen LogP contribution in [-0.2, 0) is 14.8 Å². The summed E-state index contributed by atoms with van der Waals surface area (Å²) in [5.41, 5.74) is 7.38. The third-order valence-electron chi connectivity index (χ3n) is 5.45. The predicted molar refractivity (Wildman–Crippen MR) is 99.8 cm³/mol. The lowest BCUT2D eigenvalue weighted by molar-refractivity contribution is -0.133. The van der Waals surface area contributed by atoms with Gasteiger partial charge in [0.1, 0.15) is 0 Å². The van der Waals surface area contributed by atoms with Gasteiger partial charge in [0.15, 0.2) is 0 Å². The van der Waals surface area contributed by atoms with Gasteiger partial charge in [-0.3, -0.25) is 15.6 Å². The molecular weight excluding hydrogens is 352 g/mol. The summed E-state index contributed by atoms with van der Waals surface area (Å²) in [6.07, 6.45) is 1.50. The number of carbonyl (C=O) groups is 1. The smallest absolute Gasteiger partial charge is 0.243 e. The lowest BCUT2D eigenvalue weighted by Crippen LogP contribution is -2.48. The van der Waals surface area contributed by atoms with Crippen molar-refractivity contribution in [2.24, 2.45) is 11.8 Å². The summed E-state index contributed by atoms with van der Waals surface area (Å²) in [5, 5.41) is 0. The molecule has 144 valence electrons. The first-order valence-corrected chi connectivity index (χ1v) is 10.5. The Labute approximate surface area is 155 Å². The molecule has 26 heavy (non-hydrogen) atoms.